The summed E-state index contributed by atoms with van der Waals surface area (Å²) in [6, 6.07) is 15.0. The second-order valence-electron chi connectivity index (χ2n) is 7.43. The summed E-state index contributed by atoms with van der Waals surface area (Å²) < 4.78 is 0. The molecule has 0 spiro atoms. The number of hydrogen-bond donors (Lipinski definition) is 1. The number of halogens is 1. The molecule has 0 bridgehead atoms. The highest BCUT2D eigenvalue weighted by Gasteiger charge is 2.47. The molecule has 1 heterocycles. The molecule has 0 radical (unpaired) electrons. The highest BCUT2D eigenvalue weighted by Crippen LogP contribution is 2.36. The molecular weight excluding hydrogens is 390 g/mol. The van der Waals surface area contributed by atoms with Gasteiger partial charge in [-0.1, -0.05) is 42.6 Å². The lowest BCUT2D eigenvalue weighted by Crippen LogP contribution is -2.64. The molecule has 1 aliphatic heterocycles. The predicted octanol–water partition coefficient (Wildman–Crippen LogP) is 4.31. The van der Waals surface area contributed by atoms with Crippen LogP contribution in [0, 0.1) is 5.92 Å². The third kappa shape index (κ3) is 3.98. The van der Waals surface area contributed by atoms with Crippen molar-refractivity contribution in [1.82, 2.24) is 4.90 Å². The van der Waals surface area contributed by atoms with E-state index < -0.39 is 6.03 Å². The van der Waals surface area contributed by atoms with Crippen LogP contribution >= 0.6 is 11.6 Å². The van der Waals surface area contributed by atoms with Crippen molar-refractivity contribution in [3.8, 4) is 0 Å². The Hall–Kier alpha value is -2.86. The Morgan fingerprint density at radius 3 is 2.41 bits per heavy atom. The number of carbonyl (C=O) groups excluding carboxylic acids is 3. The smallest absolute Gasteiger partial charge is 0.325 e. The lowest BCUT2D eigenvalue weighted by molar-refractivity contribution is -0.128. The molecule has 2 aromatic rings. The molecule has 6 nitrogen and oxygen atoms in total. The summed E-state index contributed by atoms with van der Waals surface area (Å²) in [7, 11) is 0. The molecular formula is C22H22ClN3O3. The van der Waals surface area contributed by atoms with Crippen LogP contribution in [0.25, 0.3) is 0 Å². The zero-order valence-electron chi connectivity index (χ0n) is 15.9. The van der Waals surface area contributed by atoms with Crippen molar-refractivity contribution in [3.05, 3.63) is 59.6 Å². The average molecular weight is 412 g/mol. The van der Waals surface area contributed by atoms with Gasteiger partial charge in [-0.05, 0) is 49.2 Å². The lowest BCUT2D eigenvalue weighted by Gasteiger charge is -2.46. The van der Waals surface area contributed by atoms with Gasteiger partial charge in [-0.15, -0.1) is 0 Å². The summed E-state index contributed by atoms with van der Waals surface area (Å²) in [5.74, 6) is -0.738. The van der Waals surface area contributed by atoms with Crippen LogP contribution in [0.4, 0.5) is 16.2 Å². The molecule has 7 heteroatoms. The minimum Gasteiger partial charge on any atom is -0.325 e. The first-order chi connectivity index (χ1) is 14.0. The van der Waals surface area contributed by atoms with Gasteiger partial charge in [0, 0.05) is 16.8 Å². The highest BCUT2D eigenvalue weighted by molar-refractivity contribution is 6.30. The molecule has 1 N–H and O–H groups in total. The van der Waals surface area contributed by atoms with Crippen molar-refractivity contribution < 1.29 is 14.4 Å². The van der Waals surface area contributed by atoms with Gasteiger partial charge < -0.3 is 10.2 Å². The van der Waals surface area contributed by atoms with Gasteiger partial charge in [-0.25, -0.2) is 9.69 Å². The zero-order valence-corrected chi connectivity index (χ0v) is 16.6. The van der Waals surface area contributed by atoms with Crippen LogP contribution < -0.4 is 10.2 Å². The molecule has 29 heavy (non-hydrogen) atoms. The molecule has 1 saturated heterocycles. The number of nitrogens with zero attached hydrogens (tertiary/aromatic N) is 2. The fourth-order valence-corrected chi connectivity index (χ4v) is 4.32. The number of nitrogens with one attached hydrogen (secondary N) is 1. The van der Waals surface area contributed by atoms with E-state index in [2.05, 4.69) is 5.32 Å². The van der Waals surface area contributed by atoms with Gasteiger partial charge in [0.2, 0.25) is 11.8 Å². The quantitative estimate of drug-likeness (QED) is 0.815. The fraction of sp³-hybridized carbons (Fsp3) is 0.318. The van der Waals surface area contributed by atoms with Crippen LogP contribution in [0.3, 0.4) is 0 Å². The van der Waals surface area contributed by atoms with Gasteiger partial charge in [-0.3, -0.25) is 9.59 Å². The topological polar surface area (TPSA) is 69.7 Å². The Balaban J connectivity index is 1.57. The first-order valence-electron chi connectivity index (χ1n) is 9.79. The van der Waals surface area contributed by atoms with Crippen LogP contribution in [0.15, 0.2) is 54.6 Å². The van der Waals surface area contributed by atoms with Gasteiger partial charge in [0.05, 0.1) is 11.6 Å². The Morgan fingerprint density at radius 1 is 1.00 bits per heavy atom. The monoisotopic (exact) mass is 411 g/mol. The lowest BCUT2D eigenvalue weighted by atomic mass is 9.81. The minimum atomic E-state index is -0.435. The van der Waals surface area contributed by atoms with Crippen molar-refractivity contribution in [3.63, 3.8) is 0 Å². The molecule has 0 aromatic heterocycles. The zero-order chi connectivity index (χ0) is 20.4. The maximum absolute atomic E-state index is 13.3. The Bertz CT molecular complexity index is 917. The number of carbonyl (C=O) groups is 3. The SMILES string of the molecule is O=C(CN1C(=O)N(c2ccccc2)C(=O)C2CCCCC21)Nc1ccc(Cl)cc1. The standard InChI is InChI=1S/C22H22ClN3O3/c23-15-10-12-16(13-11-15)24-20(27)14-25-19-9-5-4-8-18(19)21(28)26(22(25)29)17-6-2-1-3-7-17/h1-3,6-7,10-13,18-19H,4-5,8-9,14H2,(H,24,27). The second-order valence-corrected chi connectivity index (χ2v) is 7.87. The van der Waals surface area contributed by atoms with Crippen molar-refractivity contribution in [2.75, 3.05) is 16.8 Å². The van der Waals surface area contributed by atoms with Crippen molar-refractivity contribution in [2.24, 2.45) is 5.92 Å². The molecule has 4 amide bonds. The normalized spacial score (nSPS) is 21.7. The Kier molecular flexibility index (Phi) is 5.53. The number of rotatable bonds is 4. The molecule has 2 fully saturated rings. The Morgan fingerprint density at radius 2 is 1.69 bits per heavy atom. The second kappa shape index (κ2) is 8.25. The molecule has 2 aromatic carbocycles. The maximum Gasteiger partial charge on any atom is 0.332 e. The summed E-state index contributed by atoms with van der Waals surface area (Å²) in [5.41, 5.74) is 1.15. The van der Waals surface area contributed by atoms with Crippen molar-refractivity contribution in [2.45, 2.75) is 31.7 Å². The summed E-state index contributed by atoms with van der Waals surface area (Å²) in [6.07, 6.45) is 3.37. The number of amides is 4. The molecule has 2 aliphatic rings. The van der Waals surface area contributed by atoms with E-state index in [1.165, 1.54) is 4.90 Å². The average Bonchev–Trinajstić information content (AvgIpc) is 2.74. The van der Waals surface area contributed by atoms with E-state index in [0.717, 1.165) is 25.7 Å². The number of hydrogen-bond acceptors (Lipinski definition) is 3. The summed E-state index contributed by atoms with van der Waals surface area (Å²) in [6.45, 7) is -0.0980. The fourth-order valence-electron chi connectivity index (χ4n) is 4.19. The maximum atomic E-state index is 13.3. The van der Waals surface area contributed by atoms with Crippen molar-refractivity contribution in [1.29, 1.82) is 0 Å². The van der Waals surface area contributed by atoms with Gasteiger partial charge in [0.15, 0.2) is 0 Å². The Labute approximate surface area is 174 Å². The number of fused-ring (bicyclic) bond motifs is 1. The molecule has 1 saturated carbocycles. The number of benzene rings is 2. The minimum absolute atomic E-state index is 0.0980. The number of urea groups is 1. The van der Waals surface area contributed by atoms with Crippen molar-refractivity contribution >= 4 is 40.8 Å². The molecule has 4 rings (SSSR count). The van der Waals surface area contributed by atoms with Crippen LogP contribution in [0.5, 0.6) is 0 Å². The van der Waals surface area contributed by atoms with Crippen LogP contribution in [-0.4, -0.2) is 35.3 Å². The summed E-state index contributed by atoms with van der Waals surface area (Å²) in [4.78, 5) is 41.8. The molecule has 2 atom stereocenters. The number of anilines is 2. The van der Waals surface area contributed by atoms with E-state index in [1.54, 1.807) is 53.4 Å². The third-order valence-electron chi connectivity index (χ3n) is 5.56. The predicted molar refractivity (Wildman–Crippen MR) is 112 cm³/mol. The van der Waals surface area contributed by atoms with E-state index in [4.69, 9.17) is 11.6 Å². The van der Waals surface area contributed by atoms with E-state index in [9.17, 15) is 14.4 Å². The summed E-state index contributed by atoms with van der Waals surface area (Å²) >= 11 is 5.88. The van der Waals surface area contributed by atoms with Crippen LogP contribution in [-0.2, 0) is 9.59 Å². The van der Waals surface area contributed by atoms with Gasteiger partial charge in [0.25, 0.3) is 0 Å². The van der Waals surface area contributed by atoms with Crippen LogP contribution in [0.2, 0.25) is 5.02 Å². The number of imide groups is 1. The third-order valence-corrected chi connectivity index (χ3v) is 5.81. The first kappa shape index (κ1) is 19.5. The molecule has 2 unspecified atom stereocenters. The van der Waals surface area contributed by atoms with Crippen LogP contribution in [0.1, 0.15) is 25.7 Å². The van der Waals surface area contributed by atoms with E-state index >= 15 is 0 Å². The van der Waals surface area contributed by atoms with E-state index in [0.29, 0.717) is 16.4 Å². The van der Waals surface area contributed by atoms with Gasteiger partial charge in [0.1, 0.15) is 6.54 Å². The van der Waals surface area contributed by atoms with Gasteiger partial charge >= 0.3 is 6.03 Å². The van der Waals surface area contributed by atoms with Gasteiger partial charge in [-0.2, -0.15) is 0 Å². The number of para-hydroxylation sites is 1. The molecule has 1 aliphatic carbocycles. The van der Waals surface area contributed by atoms with E-state index in [1.807, 2.05) is 6.07 Å². The largest absolute Gasteiger partial charge is 0.332 e. The highest BCUT2D eigenvalue weighted by atomic mass is 35.5. The molecule has 150 valence electrons. The van der Waals surface area contributed by atoms with E-state index in [-0.39, 0.29) is 30.3 Å². The summed E-state index contributed by atoms with van der Waals surface area (Å²) in [5, 5.41) is 3.38. The first-order valence-corrected chi connectivity index (χ1v) is 10.2.